The van der Waals surface area contributed by atoms with Gasteiger partial charge in [0.1, 0.15) is 11.2 Å². The van der Waals surface area contributed by atoms with E-state index in [1.165, 1.54) is 146 Å². The molecule has 2 aromatic heterocycles. The molecule has 0 amide bonds. The summed E-state index contributed by atoms with van der Waals surface area (Å²) in [6.07, 6.45) is 12.7. The van der Waals surface area contributed by atoms with Crippen molar-refractivity contribution in [2.45, 2.75) is 120 Å². The average Bonchev–Trinajstić information content (AvgIpc) is 1.54. The Morgan fingerprint density at radius 3 is 1.34 bits per heavy atom. The Morgan fingerprint density at radius 2 is 0.812 bits per heavy atom. The van der Waals surface area contributed by atoms with E-state index in [2.05, 4.69) is 255 Å². The van der Waals surface area contributed by atoms with Gasteiger partial charge in [0.25, 0.3) is 0 Å². The van der Waals surface area contributed by atoms with Gasteiger partial charge >= 0.3 is 0 Å². The zero-order valence-electron chi connectivity index (χ0n) is 50.1. The molecule has 420 valence electrons. The van der Waals surface area contributed by atoms with Crippen molar-refractivity contribution in [3.05, 3.63) is 229 Å². The number of nitrogens with zero attached hydrogens (tertiary/aromatic N) is 2. The van der Waals surface area contributed by atoms with Crippen molar-refractivity contribution >= 4 is 126 Å². The van der Waals surface area contributed by atoms with Crippen LogP contribution in [0.15, 0.2) is 215 Å². The Balaban J connectivity index is 0.893. The molecule has 0 saturated heterocycles. The highest BCUT2D eigenvalue weighted by atomic mass is 28.4. The van der Waals surface area contributed by atoms with Crippen LogP contribution in [0.3, 0.4) is 0 Å². The second kappa shape index (κ2) is 20.0. The summed E-state index contributed by atoms with van der Waals surface area (Å²) in [7, 11) is -4.40. The van der Waals surface area contributed by atoms with Crippen LogP contribution in [0.2, 0.25) is 39.3 Å². The molecule has 2 saturated carbocycles. The van der Waals surface area contributed by atoms with Crippen molar-refractivity contribution in [3.63, 3.8) is 0 Å². The van der Waals surface area contributed by atoms with E-state index in [0.717, 1.165) is 56.5 Å². The lowest BCUT2D eigenvalue weighted by atomic mass is 9.83. The summed E-state index contributed by atoms with van der Waals surface area (Å²) < 4.78 is 14.3. The quantitative estimate of drug-likeness (QED) is 0.101. The SMILES string of the molecule is C[Si](C)(C)C1([Si](C)(C)C)c2cc3cc(N(c4ccccc4)c4cccc5c4oc4c(C6CCCCC6)cccc45)ccc3cc2-c2c1c1ccc(N(c3ccccc3)c3cccc4c3oc3c(C5CCCCC5)cccc34)cc1c1ccccc21. The van der Waals surface area contributed by atoms with E-state index in [4.69, 9.17) is 8.83 Å². The molecular formula is C79H74N2O2Si2. The van der Waals surface area contributed by atoms with Gasteiger partial charge in [0.2, 0.25) is 0 Å². The number of benzene rings is 11. The van der Waals surface area contributed by atoms with Gasteiger partial charge in [-0.2, -0.15) is 0 Å². The smallest absolute Gasteiger partial charge is 0.159 e. The van der Waals surface area contributed by atoms with Gasteiger partial charge in [-0.15, -0.1) is 0 Å². The molecule has 2 heterocycles. The van der Waals surface area contributed by atoms with Crippen LogP contribution in [-0.2, 0) is 4.66 Å². The number of fused-ring (bicyclic) bond motifs is 15. The van der Waals surface area contributed by atoms with Crippen LogP contribution in [0.1, 0.15) is 98.3 Å². The van der Waals surface area contributed by atoms with Gasteiger partial charge in [0.15, 0.2) is 11.2 Å². The first-order chi connectivity index (χ1) is 41.5. The Kier molecular flexibility index (Phi) is 12.3. The Bertz CT molecular complexity index is 4770. The van der Waals surface area contributed by atoms with Gasteiger partial charge in [0, 0.05) is 49.0 Å². The van der Waals surface area contributed by atoms with Gasteiger partial charge in [0.05, 0.1) is 27.5 Å². The lowest BCUT2D eigenvalue weighted by Crippen LogP contribution is -2.63. The minimum atomic E-state index is -2.20. The molecule has 0 radical (unpaired) electrons. The van der Waals surface area contributed by atoms with Crippen molar-refractivity contribution < 1.29 is 8.83 Å². The molecule has 0 atom stereocenters. The summed E-state index contributed by atoms with van der Waals surface area (Å²) in [5.74, 6) is 1.07. The highest BCUT2D eigenvalue weighted by molar-refractivity contribution is 7.00. The predicted octanol–water partition coefficient (Wildman–Crippen LogP) is 24.0. The first-order valence-electron chi connectivity index (χ1n) is 31.6. The second-order valence-corrected chi connectivity index (χ2v) is 38.2. The van der Waals surface area contributed by atoms with Gasteiger partial charge < -0.3 is 18.6 Å². The molecule has 3 aliphatic carbocycles. The Hall–Kier alpha value is -8.17. The zero-order valence-corrected chi connectivity index (χ0v) is 52.1. The molecule has 0 bridgehead atoms. The molecule has 4 nitrogen and oxygen atoms in total. The Labute approximate surface area is 501 Å². The fourth-order valence-corrected chi connectivity index (χ4v) is 30.3. The van der Waals surface area contributed by atoms with E-state index in [-0.39, 0.29) is 4.66 Å². The van der Waals surface area contributed by atoms with Crippen molar-refractivity contribution in [2.24, 2.45) is 0 Å². The monoisotopic (exact) mass is 1140 g/mol. The zero-order chi connectivity index (χ0) is 57.3. The minimum Gasteiger partial charge on any atom is -0.454 e. The number of rotatable bonds is 10. The third kappa shape index (κ3) is 8.03. The molecule has 3 aliphatic rings. The Morgan fingerprint density at radius 1 is 0.353 bits per heavy atom. The maximum absolute atomic E-state index is 7.26. The normalized spacial score (nSPS) is 15.9. The number of furan rings is 2. The van der Waals surface area contributed by atoms with Gasteiger partial charge in [-0.1, -0.05) is 217 Å². The number of hydrogen-bond acceptors (Lipinski definition) is 4. The highest BCUT2D eigenvalue weighted by Crippen LogP contribution is 2.63. The third-order valence-corrected chi connectivity index (χ3v) is 30.5. The number of para-hydroxylation sites is 6. The maximum atomic E-state index is 7.26. The van der Waals surface area contributed by atoms with Crippen molar-refractivity contribution in [1.29, 1.82) is 0 Å². The first-order valence-corrected chi connectivity index (χ1v) is 38.6. The van der Waals surface area contributed by atoms with Gasteiger partial charge in [-0.05, 0) is 170 Å². The molecule has 13 aromatic rings. The van der Waals surface area contributed by atoms with E-state index in [0.29, 0.717) is 11.8 Å². The summed E-state index contributed by atoms with van der Waals surface area (Å²) in [6, 6.07) is 78.3. The van der Waals surface area contributed by atoms with Crippen LogP contribution in [0.5, 0.6) is 0 Å². The number of hydrogen-bond donors (Lipinski definition) is 0. The van der Waals surface area contributed by atoms with Gasteiger partial charge in [-0.25, -0.2) is 0 Å². The third-order valence-electron chi connectivity index (χ3n) is 20.5. The van der Waals surface area contributed by atoms with Crippen LogP contribution in [0, 0.1) is 0 Å². The summed E-state index contributed by atoms with van der Waals surface area (Å²) in [6.45, 7) is 16.0. The van der Waals surface area contributed by atoms with Crippen molar-refractivity contribution in [1.82, 2.24) is 0 Å². The molecule has 11 aromatic carbocycles. The largest absolute Gasteiger partial charge is 0.454 e. The second-order valence-electron chi connectivity index (χ2n) is 27.2. The van der Waals surface area contributed by atoms with E-state index in [9.17, 15) is 0 Å². The molecule has 0 N–H and O–H groups in total. The molecule has 6 heteroatoms. The van der Waals surface area contributed by atoms with Crippen LogP contribution < -0.4 is 9.80 Å². The highest BCUT2D eigenvalue weighted by Gasteiger charge is 2.60. The molecule has 0 spiro atoms. The number of anilines is 6. The van der Waals surface area contributed by atoms with E-state index >= 15 is 0 Å². The maximum Gasteiger partial charge on any atom is 0.159 e. The average molecular weight is 1140 g/mol. The van der Waals surface area contributed by atoms with Crippen LogP contribution in [-0.4, -0.2) is 16.1 Å². The summed E-state index contributed by atoms with van der Waals surface area (Å²) in [5.41, 5.74) is 19.2. The van der Waals surface area contributed by atoms with Crippen molar-refractivity contribution in [3.8, 4) is 11.1 Å². The molecule has 0 aliphatic heterocycles. The van der Waals surface area contributed by atoms with E-state index in [1.807, 2.05) is 0 Å². The predicted molar refractivity (Wildman–Crippen MR) is 367 cm³/mol. The molecular weight excluding hydrogens is 1070 g/mol. The molecule has 0 unspecified atom stereocenters. The van der Waals surface area contributed by atoms with Crippen LogP contribution in [0.4, 0.5) is 34.1 Å². The fraction of sp³-hybridized carbons (Fsp3) is 0.241. The van der Waals surface area contributed by atoms with E-state index in [1.54, 1.807) is 5.56 Å². The lowest BCUT2D eigenvalue weighted by Gasteiger charge is -2.51. The summed E-state index contributed by atoms with van der Waals surface area (Å²) >= 11 is 0. The van der Waals surface area contributed by atoms with Gasteiger partial charge in [-0.3, -0.25) is 0 Å². The van der Waals surface area contributed by atoms with E-state index < -0.39 is 16.1 Å². The fourth-order valence-electron chi connectivity index (χ4n) is 17.2. The topological polar surface area (TPSA) is 32.8 Å². The van der Waals surface area contributed by atoms with Crippen molar-refractivity contribution in [2.75, 3.05) is 9.80 Å². The first kappa shape index (κ1) is 52.4. The lowest BCUT2D eigenvalue weighted by molar-refractivity contribution is 0.442. The summed E-state index contributed by atoms with van der Waals surface area (Å²) in [5, 5.41) is 12.6. The minimum absolute atomic E-state index is 0.150. The van der Waals surface area contributed by atoms with Crippen LogP contribution in [0.25, 0.3) is 87.3 Å². The standard InChI is InChI=1S/C79H74N2O2Si2/c1-84(2,3)79(85(4,5)6)70-49-54-47-57(80(55-29-15-9-16-30-55)71-41-23-39-66-64-37-21-35-59(75(64)82-77(66)71)51-25-11-7-12-26-51)44-43-53(54)48-69(70)73-62-34-20-19-33-61(62)68-50-58(45-46-63(68)74(73)79)81(56-31-17-10-18-32-56)72-42-24-40-67-65-38-22-36-60(76(65)83-78(67)72)52-27-13-8-14-28-52/h9-10,15-24,29-52H,7-8,11-14,25-28H2,1-6H3. The molecule has 2 fully saturated rings. The summed E-state index contributed by atoms with van der Waals surface area (Å²) in [4.78, 5) is 4.90. The van der Waals surface area contributed by atoms with Crippen LogP contribution >= 0.6 is 0 Å². The molecule has 85 heavy (non-hydrogen) atoms. The molecule has 16 rings (SSSR count).